The molecule has 0 aliphatic heterocycles. The maximum Gasteiger partial charge on any atom is 0.519 e. The summed E-state index contributed by atoms with van der Waals surface area (Å²) in [4.78, 5) is 37.0. The van der Waals surface area contributed by atoms with Gasteiger partial charge in [-0.2, -0.15) is 4.79 Å². The van der Waals surface area contributed by atoms with Crippen LogP contribution < -0.4 is 5.82 Å². The molecule has 0 aliphatic carbocycles. The number of esters is 1. The van der Waals surface area contributed by atoms with Crippen LogP contribution in [0.1, 0.15) is 17.3 Å². The first-order valence-electron chi connectivity index (χ1n) is 5.54. The minimum absolute atomic E-state index is 0.0112. The average Bonchev–Trinajstić information content (AvgIpc) is 2.78. The monoisotopic (exact) mass is 276 g/mol. The summed E-state index contributed by atoms with van der Waals surface area (Å²) < 4.78 is 13.9. The number of Topliss-reactive ketones (excluding diaryl/α,β-unsaturated/α-hetero) is 1. The average molecular weight is 276 g/mol. The standard InChI is InChI=1S/C12H8N2O6/c1-2-18-11(16)9(14-13)10(15)6-3-4-7-8(5-6)20-12(17)19-7/h3-5H,2H2,1H3. The molecule has 2 rings (SSSR count). The molecule has 102 valence electrons. The molecule has 0 radical (unpaired) electrons. The number of benzene rings is 1. The molecule has 8 nitrogen and oxygen atoms in total. The molecule has 0 amide bonds. The number of carbonyl (C=O) groups excluding carboxylic acids is 2. The van der Waals surface area contributed by atoms with Gasteiger partial charge in [0, 0.05) is 5.56 Å². The van der Waals surface area contributed by atoms with Crippen molar-refractivity contribution in [3.05, 3.63) is 39.9 Å². The molecule has 1 aromatic carbocycles. The topological polar surface area (TPSA) is 123 Å². The molecule has 0 saturated heterocycles. The Hall–Kier alpha value is -2.99. The van der Waals surface area contributed by atoms with Crippen molar-refractivity contribution in [3.63, 3.8) is 0 Å². The van der Waals surface area contributed by atoms with Gasteiger partial charge in [0.1, 0.15) is 0 Å². The molecule has 8 heteroatoms. The van der Waals surface area contributed by atoms with Crippen molar-refractivity contribution >= 4 is 28.6 Å². The summed E-state index contributed by atoms with van der Waals surface area (Å²) in [5.74, 6) is -2.82. The van der Waals surface area contributed by atoms with Crippen molar-refractivity contribution in [3.8, 4) is 0 Å². The lowest BCUT2D eigenvalue weighted by molar-refractivity contribution is -0.139. The van der Waals surface area contributed by atoms with E-state index in [0.29, 0.717) is 0 Å². The lowest BCUT2D eigenvalue weighted by Gasteiger charge is -1.97. The van der Waals surface area contributed by atoms with Gasteiger partial charge in [0.05, 0.1) is 6.61 Å². The van der Waals surface area contributed by atoms with Gasteiger partial charge in [-0.15, -0.1) is 0 Å². The third kappa shape index (κ3) is 2.40. The van der Waals surface area contributed by atoms with E-state index in [4.69, 9.17) is 5.53 Å². The Balaban J connectivity index is 2.41. The zero-order chi connectivity index (χ0) is 14.7. The lowest BCUT2D eigenvalue weighted by Crippen LogP contribution is -2.27. The molecule has 0 bridgehead atoms. The van der Waals surface area contributed by atoms with Crippen LogP contribution in [-0.4, -0.2) is 28.9 Å². The summed E-state index contributed by atoms with van der Waals surface area (Å²) in [5, 5.41) is 0. The highest BCUT2D eigenvalue weighted by Gasteiger charge is 2.32. The van der Waals surface area contributed by atoms with Gasteiger partial charge in [0.15, 0.2) is 11.2 Å². The first kappa shape index (κ1) is 13.4. The molecule has 0 aliphatic rings. The van der Waals surface area contributed by atoms with Gasteiger partial charge in [-0.3, -0.25) is 4.79 Å². The summed E-state index contributed by atoms with van der Waals surface area (Å²) in [6.07, 6.45) is 0. The number of ketones is 1. The number of nitrogens with zero attached hydrogens (tertiary/aromatic N) is 2. The second-order valence-electron chi connectivity index (χ2n) is 3.61. The lowest BCUT2D eigenvalue weighted by atomic mass is 10.1. The Morgan fingerprint density at radius 3 is 2.65 bits per heavy atom. The van der Waals surface area contributed by atoms with Crippen LogP contribution in [0.25, 0.3) is 16.7 Å². The van der Waals surface area contributed by atoms with Crippen molar-refractivity contribution in [2.45, 2.75) is 6.92 Å². The van der Waals surface area contributed by atoms with Gasteiger partial charge >= 0.3 is 17.5 Å². The number of rotatable bonds is 4. The Morgan fingerprint density at radius 1 is 1.30 bits per heavy atom. The van der Waals surface area contributed by atoms with Crippen LogP contribution >= 0.6 is 0 Å². The van der Waals surface area contributed by atoms with Gasteiger partial charge in [0.2, 0.25) is 0 Å². The van der Waals surface area contributed by atoms with Crippen LogP contribution in [0.15, 0.2) is 31.8 Å². The Kier molecular flexibility index (Phi) is 3.58. The third-order valence-corrected chi connectivity index (χ3v) is 2.38. The van der Waals surface area contributed by atoms with E-state index in [-0.39, 0.29) is 23.3 Å². The maximum atomic E-state index is 12.0. The first-order chi connectivity index (χ1) is 9.56. The van der Waals surface area contributed by atoms with E-state index in [0.717, 1.165) is 0 Å². The fourth-order valence-electron chi connectivity index (χ4n) is 1.53. The summed E-state index contributed by atoms with van der Waals surface area (Å²) in [5.41, 5.74) is 8.17. The van der Waals surface area contributed by atoms with Gasteiger partial charge in [-0.25, -0.2) is 9.59 Å². The minimum Gasteiger partial charge on any atom is -0.457 e. The quantitative estimate of drug-likeness (QED) is 0.203. The number of ether oxygens (including phenoxy) is 1. The van der Waals surface area contributed by atoms with Crippen LogP contribution in [0.3, 0.4) is 0 Å². The predicted octanol–water partition coefficient (Wildman–Crippen LogP) is 0.803. The second kappa shape index (κ2) is 5.33. The van der Waals surface area contributed by atoms with E-state index in [1.807, 2.05) is 0 Å². The highest BCUT2D eigenvalue weighted by molar-refractivity contribution is 6.65. The minimum atomic E-state index is -1.05. The van der Waals surface area contributed by atoms with Gasteiger partial charge in [-0.05, 0) is 25.1 Å². The van der Waals surface area contributed by atoms with E-state index < -0.39 is 23.3 Å². The normalized spacial score (nSPS) is 10.1. The molecule has 0 unspecified atom stereocenters. The van der Waals surface area contributed by atoms with Crippen LogP contribution in [0, 0.1) is 0 Å². The fourth-order valence-corrected chi connectivity index (χ4v) is 1.53. The zero-order valence-corrected chi connectivity index (χ0v) is 10.3. The highest BCUT2D eigenvalue weighted by Crippen LogP contribution is 2.15. The van der Waals surface area contributed by atoms with E-state index in [2.05, 4.69) is 18.4 Å². The summed E-state index contributed by atoms with van der Waals surface area (Å²) in [7, 11) is 0. The van der Waals surface area contributed by atoms with E-state index in [9.17, 15) is 14.4 Å². The fraction of sp³-hybridized carbons (Fsp3) is 0.167. The highest BCUT2D eigenvalue weighted by atomic mass is 16.6. The first-order valence-corrected chi connectivity index (χ1v) is 5.54. The van der Waals surface area contributed by atoms with Crippen molar-refractivity contribution < 1.29 is 28.0 Å². The van der Waals surface area contributed by atoms with Crippen molar-refractivity contribution in [2.24, 2.45) is 0 Å². The number of hydrogen-bond acceptors (Lipinski definition) is 6. The second-order valence-corrected chi connectivity index (χ2v) is 3.61. The van der Waals surface area contributed by atoms with Gasteiger partial charge < -0.3 is 19.1 Å². The number of fused-ring (bicyclic) bond motifs is 1. The molecule has 20 heavy (non-hydrogen) atoms. The molecular weight excluding hydrogens is 268 g/mol. The van der Waals surface area contributed by atoms with Gasteiger partial charge in [0.25, 0.3) is 5.78 Å². The molecule has 1 aromatic heterocycles. The van der Waals surface area contributed by atoms with E-state index in [1.54, 1.807) is 6.92 Å². The Bertz CT molecular complexity index is 794. The molecule has 0 saturated carbocycles. The SMILES string of the molecule is CCOC(=O)C(=[N+]=[N-])C(=O)c1ccc2oc(=O)oc2c1. The summed E-state index contributed by atoms with van der Waals surface area (Å²) in [6, 6.07) is 3.83. The number of hydrogen-bond donors (Lipinski definition) is 0. The Labute approximate surface area is 111 Å². The van der Waals surface area contributed by atoms with Crippen molar-refractivity contribution in [1.82, 2.24) is 0 Å². The van der Waals surface area contributed by atoms with Crippen LogP contribution in [0.5, 0.6) is 0 Å². The van der Waals surface area contributed by atoms with Crippen LogP contribution in [0.4, 0.5) is 0 Å². The largest absolute Gasteiger partial charge is 0.519 e. The molecule has 0 fully saturated rings. The van der Waals surface area contributed by atoms with E-state index >= 15 is 0 Å². The molecule has 0 N–H and O–H groups in total. The zero-order valence-electron chi connectivity index (χ0n) is 10.3. The summed E-state index contributed by atoms with van der Waals surface area (Å²) >= 11 is 0. The van der Waals surface area contributed by atoms with Gasteiger partial charge in [-0.1, -0.05) is 0 Å². The van der Waals surface area contributed by atoms with Crippen molar-refractivity contribution in [2.75, 3.05) is 6.61 Å². The summed E-state index contributed by atoms with van der Waals surface area (Å²) in [6.45, 7) is 1.57. The van der Waals surface area contributed by atoms with Crippen LogP contribution in [0.2, 0.25) is 0 Å². The van der Waals surface area contributed by atoms with Crippen molar-refractivity contribution in [1.29, 1.82) is 0 Å². The molecule has 1 heterocycles. The Morgan fingerprint density at radius 2 is 2.00 bits per heavy atom. The predicted molar refractivity (Wildman–Crippen MR) is 64.3 cm³/mol. The molecule has 2 aromatic rings. The van der Waals surface area contributed by atoms with Crippen LogP contribution in [-0.2, 0) is 9.53 Å². The third-order valence-electron chi connectivity index (χ3n) is 2.38. The smallest absolute Gasteiger partial charge is 0.457 e. The molecule has 0 spiro atoms. The van der Waals surface area contributed by atoms with E-state index in [1.165, 1.54) is 18.2 Å². The molecular formula is C12H8N2O6. The molecule has 0 atom stereocenters. The number of carbonyl (C=O) groups is 2. The maximum absolute atomic E-state index is 12.0.